The number of nitro benzene ring substituents is 1. The fourth-order valence-corrected chi connectivity index (χ4v) is 3.12. The third-order valence-corrected chi connectivity index (χ3v) is 4.42. The third-order valence-electron chi connectivity index (χ3n) is 4.42. The Bertz CT molecular complexity index is 933. The molecule has 7 nitrogen and oxygen atoms in total. The molecule has 2 aliphatic heterocycles. The van der Waals surface area contributed by atoms with Crippen molar-refractivity contribution in [2.75, 3.05) is 18.8 Å². The number of hydrogen-bond acceptors (Lipinski definition) is 6. The lowest BCUT2D eigenvalue weighted by molar-refractivity contribution is -0.383. The number of nitro groups is 1. The summed E-state index contributed by atoms with van der Waals surface area (Å²) in [6.45, 7) is 1.78. The van der Waals surface area contributed by atoms with E-state index in [4.69, 9.17) is 5.73 Å². The predicted octanol–water partition coefficient (Wildman–Crippen LogP) is 2.59. The summed E-state index contributed by atoms with van der Waals surface area (Å²) in [6.07, 6.45) is 1.69. The Morgan fingerprint density at radius 1 is 1.16 bits per heavy atom. The van der Waals surface area contributed by atoms with E-state index in [9.17, 15) is 10.1 Å². The van der Waals surface area contributed by atoms with Crippen molar-refractivity contribution in [1.82, 2.24) is 5.32 Å². The number of nitrogen functional groups attached to an aromatic ring is 1. The summed E-state index contributed by atoms with van der Waals surface area (Å²) in [6, 6.07) is 10.9. The number of anilines is 1. The number of fused-ring (bicyclic) bond motifs is 1. The molecule has 0 saturated carbocycles. The van der Waals surface area contributed by atoms with Crippen molar-refractivity contribution < 1.29 is 4.92 Å². The third kappa shape index (κ3) is 2.84. The van der Waals surface area contributed by atoms with Gasteiger partial charge in [0, 0.05) is 36.7 Å². The number of rotatable bonds is 3. The van der Waals surface area contributed by atoms with Gasteiger partial charge in [0.15, 0.2) is 0 Å². The Morgan fingerprint density at radius 3 is 2.76 bits per heavy atom. The molecule has 4 rings (SSSR count). The van der Waals surface area contributed by atoms with Crippen LogP contribution < -0.4 is 11.1 Å². The number of amidine groups is 1. The molecule has 0 amide bonds. The Balaban J connectivity index is 1.63. The van der Waals surface area contributed by atoms with Crippen molar-refractivity contribution >= 4 is 28.6 Å². The largest absolute Gasteiger partial charge is 0.393 e. The van der Waals surface area contributed by atoms with Crippen molar-refractivity contribution in [2.45, 2.75) is 12.8 Å². The van der Waals surface area contributed by atoms with E-state index < -0.39 is 4.92 Å². The molecule has 0 fully saturated rings. The van der Waals surface area contributed by atoms with Gasteiger partial charge < -0.3 is 11.1 Å². The number of aliphatic imine (C=N–C) groups is 2. The molecule has 0 atom stereocenters. The summed E-state index contributed by atoms with van der Waals surface area (Å²) in [5.74, 6) is 0.922. The van der Waals surface area contributed by atoms with Crippen LogP contribution in [0.5, 0.6) is 0 Å². The zero-order valence-electron chi connectivity index (χ0n) is 13.5. The molecule has 2 aliphatic rings. The van der Waals surface area contributed by atoms with Gasteiger partial charge >= 0.3 is 0 Å². The standard InChI is InChI=1S/C18H17N5O2/c19-14-4-2-11(10-17(14)23(24)25)16-9-13-8-12(3-5-15(13)22-16)18-20-6-1-7-21-18/h2-5,8,10H,1,6-7,9,19H2,(H,20,21). The summed E-state index contributed by atoms with van der Waals surface area (Å²) in [7, 11) is 0. The van der Waals surface area contributed by atoms with Gasteiger partial charge in [-0.2, -0.15) is 0 Å². The van der Waals surface area contributed by atoms with Gasteiger partial charge in [0.2, 0.25) is 0 Å². The summed E-state index contributed by atoms with van der Waals surface area (Å²) in [4.78, 5) is 19.8. The number of nitrogens with two attached hydrogens (primary N) is 1. The van der Waals surface area contributed by atoms with Gasteiger partial charge in [-0.25, -0.2) is 0 Å². The lowest BCUT2D eigenvalue weighted by Gasteiger charge is -2.15. The minimum atomic E-state index is -0.466. The average Bonchev–Trinajstić information content (AvgIpc) is 3.05. The van der Waals surface area contributed by atoms with E-state index in [2.05, 4.69) is 21.4 Å². The molecule has 0 aromatic heterocycles. The minimum Gasteiger partial charge on any atom is -0.393 e. The first-order valence-electron chi connectivity index (χ1n) is 8.15. The highest BCUT2D eigenvalue weighted by Gasteiger charge is 2.21. The number of nitrogens with zero attached hydrogens (tertiary/aromatic N) is 3. The van der Waals surface area contributed by atoms with Crippen molar-refractivity contribution in [1.29, 1.82) is 0 Å². The molecule has 25 heavy (non-hydrogen) atoms. The molecule has 0 bridgehead atoms. The second-order valence-electron chi connectivity index (χ2n) is 6.12. The molecular weight excluding hydrogens is 318 g/mol. The van der Waals surface area contributed by atoms with Crippen LogP contribution in [0.25, 0.3) is 0 Å². The van der Waals surface area contributed by atoms with E-state index >= 15 is 0 Å². The van der Waals surface area contributed by atoms with Crippen LogP contribution in [0.2, 0.25) is 0 Å². The summed E-state index contributed by atoms with van der Waals surface area (Å²) >= 11 is 0. The number of hydrogen-bond donors (Lipinski definition) is 2. The fourth-order valence-electron chi connectivity index (χ4n) is 3.12. The van der Waals surface area contributed by atoms with Crippen molar-refractivity contribution in [2.24, 2.45) is 9.98 Å². The maximum atomic E-state index is 11.1. The molecule has 0 aliphatic carbocycles. The van der Waals surface area contributed by atoms with Crippen LogP contribution in [-0.2, 0) is 6.42 Å². The highest BCUT2D eigenvalue weighted by Crippen LogP contribution is 2.32. The van der Waals surface area contributed by atoms with Crippen molar-refractivity contribution in [3.05, 3.63) is 63.2 Å². The normalized spacial score (nSPS) is 15.8. The topological polar surface area (TPSA) is 106 Å². The van der Waals surface area contributed by atoms with Crippen molar-refractivity contribution in [3.63, 3.8) is 0 Å². The summed E-state index contributed by atoms with van der Waals surface area (Å²) < 4.78 is 0. The molecule has 2 aromatic carbocycles. The average molecular weight is 335 g/mol. The molecule has 0 saturated heterocycles. The Morgan fingerprint density at radius 2 is 2.00 bits per heavy atom. The number of benzene rings is 2. The Hall–Kier alpha value is -3.22. The van der Waals surface area contributed by atoms with Gasteiger partial charge in [-0.15, -0.1) is 0 Å². The monoisotopic (exact) mass is 335 g/mol. The molecule has 0 spiro atoms. The molecule has 2 heterocycles. The van der Waals surface area contributed by atoms with Crippen LogP contribution in [0.1, 0.15) is 23.1 Å². The second kappa shape index (κ2) is 6.01. The summed E-state index contributed by atoms with van der Waals surface area (Å²) in [5.41, 5.74) is 10.3. The van der Waals surface area contributed by atoms with E-state index in [0.29, 0.717) is 6.42 Å². The van der Waals surface area contributed by atoms with Gasteiger partial charge in [-0.1, -0.05) is 6.07 Å². The Labute approximate surface area is 144 Å². The van der Waals surface area contributed by atoms with Gasteiger partial charge in [0.1, 0.15) is 11.5 Å². The molecule has 2 aromatic rings. The van der Waals surface area contributed by atoms with Crippen LogP contribution >= 0.6 is 0 Å². The Kier molecular flexibility index (Phi) is 3.68. The van der Waals surface area contributed by atoms with Gasteiger partial charge in [-0.05, 0) is 36.2 Å². The van der Waals surface area contributed by atoms with E-state index in [1.54, 1.807) is 12.1 Å². The van der Waals surface area contributed by atoms with E-state index in [-0.39, 0.29) is 11.4 Å². The fraction of sp³-hybridized carbons (Fsp3) is 0.222. The maximum absolute atomic E-state index is 11.1. The van der Waals surface area contributed by atoms with E-state index in [0.717, 1.165) is 53.4 Å². The van der Waals surface area contributed by atoms with Crippen LogP contribution in [0.3, 0.4) is 0 Å². The second-order valence-corrected chi connectivity index (χ2v) is 6.12. The predicted molar refractivity (Wildman–Crippen MR) is 97.9 cm³/mol. The lowest BCUT2D eigenvalue weighted by atomic mass is 10.0. The van der Waals surface area contributed by atoms with Crippen LogP contribution in [0.4, 0.5) is 17.1 Å². The van der Waals surface area contributed by atoms with E-state index in [1.165, 1.54) is 6.07 Å². The highest BCUT2D eigenvalue weighted by atomic mass is 16.6. The van der Waals surface area contributed by atoms with Gasteiger partial charge in [0.25, 0.3) is 5.69 Å². The molecule has 3 N–H and O–H groups in total. The van der Waals surface area contributed by atoms with Crippen LogP contribution in [-0.4, -0.2) is 29.6 Å². The minimum absolute atomic E-state index is 0.0855. The molecule has 0 radical (unpaired) electrons. The van der Waals surface area contributed by atoms with Gasteiger partial charge in [0.05, 0.1) is 16.3 Å². The first kappa shape index (κ1) is 15.3. The molecule has 0 unspecified atom stereocenters. The van der Waals surface area contributed by atoms with E-state index in [1.807, 2.05) is 12.1 Å². The lowest BCUT2D eigenvalue weighted by Crippen LogP contribution is -2.30. The zero-order chi connectivity index (χ0) is 17.4. The molecular formula is C18H17N5O2. The zero-order valence-corrected chi connectivity index (χ0v) is 13.5. The highest BCUT2D eigenvalue weighted by molar-refractivity contribution is 6.08. The molecule has 7 heteroatoms. The first-order chi connectivity index (χ1) is 12.1. The smallest absolute Gasteiger partial charge is 0.292 e. The SMILES string of the molecule is Nc1ccc(C2=Nc3ccc(C4=NCCCN4)cc3C2)cc1[N+](=O)[O-]. The maximum Gasteiger partial charge on any atom is 0.292 e. The van der Waals surface area contributed by atoms with Crippen molar-refractivity contribution in [3.8, 4) is 0 Å². The molecule has 126 valence electrons. The first-order valence-corrected chi connectivity index (χ1v) is 8.15. The quantitative estimate of drug-likeness (QED) is 0.511. The van der Waals surface area contributed by atoms with Crippen LogP contribution in [0, 0.1) is 10.1 Å². The number of nitrogens with one attached hydrogen (secondary N) is 1. The summed E-state index contributed by atoms with van der Waals surface area (Å²) in [5, 5.41) is 14.4. The van der Waals surface area contributed by atoms with Gasteiger partial charge in [-0.3, -0.25) is 20.1 Å². The van der Waals surface area contributed by atoms with Crippen LogP contribution in [0.15, 0.2) is 46.4 Å².